The molecule has 6 nitrogen and oxygen atoms in total. The van der Waals surface area contributed by atoms with Gasteiger partial charge in [0, 0.05) is 26.2 Å². The number of likely N-dealkylation sites (tertiary alicyclic amines) is 1. The Morgan fingerprint density at radius 2 is 1.78 bits per heavy atom. The van der Waals surface area contributed by atoms with Crippen LogP contribution in [0.1, 0.15) is 20.8 Å². The zero-order valence-corrected chi connectivity index (χ0v) is 11.8. The minimum absolute atomic E-state index is 0.258. The number of rotatable bonds is 2. The highest BCUT2D eigenvalue weighted by Gasteiger charge is 2.46. The molecule has 1 N–H and O–H groups in total. The van der Waals surface area contributed by atoms with E-state index < -0.39 is 26.8 Å². The number of nitrogens with zero attached hydrogens (tertiary/aromatic N) is 1. The van der Waals surface area contributed by atoms with E-state index in [1.54, 1.807) is 20.8 Å². The third-order valence-electron chi connectivity index (χ3n) is 3.17. The Balaban J connectivity index is 1.85. The summed E-state index contributed by atoms with van der Waals surface area (Å²) in [5, 5.41) is 2.26. The van der Waals surface area contributed by atoms with Crippen LogP contribution in [0.4, 0.5) is 4.79 Å². The van der Waals surface area contributed by atoms with Crippen molar-refractivity contribution in [1.29, 1.82) is 0 Å². The molecule has 0 spiro atoms. The minimum Gasteiger partial charge on any atom is -0.444 e. The van der Waals surface area contributed by atoms with Crippen molar-refractivity contribution < 1.29 is 17.9 Å². The van der Waals surface area contributed by atoms with E-state index in [2.05, 4.69) is 5.32 Å². The Hall–Kier alpha value is -0.820. The lowest BCUT2D eigenvalue weighted by Crippen LogP contribution is -2.63. The zero-order chi connectivity index (χ0) is 13.6. The lowest BCUT2D eigenvalue weighted by atomic mass is 10.2. The SMILES string of the molecule is CC(C)(C)OC(=O)N1CC(S(=O)(=O)C2CNC2)C1. The van der Waals surface area contributed by atoms with E-state index in [4.69, 9.17) is 4.74 Å². The first-order valence-corrected chi connectivity index (χ1v) is 7.72. The number of ether oxygens (including phenoxy) is 1. The fourth-order valence-corrected chi connectivity index (χ4v) is 3.91. The summed E-state index contributed by atoms with van der Waals surface area (Å²) >= 11 is 0. The molecule has 0 radical (unpaired) electrons. The van der Waals surface area contributed by atoms with E-state index in [9.17, 15) is 13.2 Å². The van der Waals surface area contributed by atoms with Gasteiger partial charge < -0.3 is 15.0 Å². The molecule has 2 rings (SSSR count). The number of nitrogens with one attached hydrogen (secondary N) is 1. The normalized spacial score (nSPS) is 22.3. The van der Waals surface area contributed by atoms with Gasteiger partial charge in [-0.1, -0.05) is 0 Å². The summed E-state index contributed by atoms with van der Waals surface area (Å²) < 4.78 is 29.2. The number of hydrogen-bond acceptors (Lipinski definition) is 5. The van der Waals surface area contributed by atoms with Crippen LogP contribution in [0, 0.1) is 0 Å². The molecule has 0 unspecified atom stereocenters. The molecule has 2 aliphatic heterocycles. The molecule has 0 aliphatic carbocycles. The van der Waals surface area contributed by atoms with Crippen molar-refractivity contribution in [3.63, 3.8) is 0 Å². The largest absolute Gasteiger partial charge is 0.444 e. The third kappa shape index (κ3) is 2.61. The summed E-state index contributed by atoms with van der Waals surface area (Å²) in [6, 6.07) is 0. The number of hydrogen-bond donors (Lipinski definition) is 1. The van der Waals surface area contributed by atoms with Gasteiger partial charge in [0.1, 0.15) is 5.60 Å². The second-order valence-corrected chi connectivity index (χ2v) is 8.39. The molecule has 18 heavy (non-hydrogen) atoms. The van der Waals surface area contributed by atoms with Crippen molar-refractivity contribution in [2.75, 3.05) is 26.2 Å². The summed E-state index contributed by atoms with van der Waals surface area (Å²) in [4.78, 5) is 13.1. The Kier molecular flexibility index (Phi) is 3.31. The highest BCUT2D eigenvalue weighted by Crippen LogP contribution is 2.24. The van der Waals surface area contributed by atoms with Crippen molar-refractivity contribution in [2.45, 2.75) is 36.9 Å². The fraction of sp³-hybridized carbons (Fsp3) is 0.909. The molecule has 7 heteroatoms. The Labute approximate surface area is 108 Å². The van der Waals surface area contributed by atoms with E-state index in [1.165, 1.54) is 4.90 Å². The van der Waals surface area contributed by atoms with Crippen LogP contribution < -0.4 is 5.32 Å². The Morgan fingerprint density at radius 3 is 2.17 bits per heavy atom. The molecule has 2 fully saturated rings. The van der Waals surface area contributed by atoms with Gasteiger partial charge in [0.25, 0.3) is 0 Å². The molecule has 0 bridgehead atoms. The van der Waals surface area contributed by atoms with E-state index in [1.807, 2.05) is 0 Å². The van der Waals surface area contributed by atoms with E-state index in [0.29, 0.717) is 13.1 Å². The first-order chi connectivity index (χ1) is 8.20. The van der Waals surface area contributed by atoms with Gasteiger partial charge in [0.15, 0.2) is 9.84 Å². The molecule has 0 aromatic rings. The van der Waals surface area contributed by atoms with Gasteiger partial charge in [0.2, 0.25) is 0 Å². The number of amides is 1. The average molecular weight is 276 g/mol. The van der Waals surface area contributed by atoms with Gasteiger partial charge >= 0.3 is 6.09 Å². The summed E-state index contributed by atoms with van der Waals surface area (Å²) in [7, 11) is -3.09. The lowest BCUT2D eigenvalue weighted by molar-refractivity contribution is 0.0138. The summed E-state index contributed by atoms with van der Waals surface area (Å²) in [5.41, 5.74) is -0.543. The maximum atomic E-state index is 12.0. The molecule has 104 valence electrons. The van der Waals surface area contributed by atoms with Gasteiger partial charge in [-0.3, -0.25) is 0 Å². The average Bonchev–Trinajstić information content (AvgIpc) is 1.89. The highest BCUT2D eigenvalue weighted by molar-refractivity contribution is 7.92. The van der Waals surface area contributed by atoms with Crippen LogP contribution in [0.25, 0.3) is 0 Å². The smallest absolute Gasteiger partial charge is 0.410 e. The number of carbonyl (C=O) groups excluding carboxylic acids is 1. The first-order valence-electron chi connectivity index (χ1n) is 6.11. The molecule has 2 saturated heterocycles. The van der Waals surface area contributed by atoms with Gasteiger partial charge in [-0.05, 0) is 20.8 Å². The predicted octanol–water partition coefficient (Wildman–Crippen LogP) is -0.00770. The monoisotopic (exact) mass is 276 g/mol. The van der Waals surface area contributed by atoms with Crippen LogP contribution >= 0.6 is 0 Å². The second-order valence-electron chi connectivity index (χ2n) is 5.88. The van der Waals surface area contributed by atoms with Gasteiger partial charge in [0.05, 0.1) is 10.5 Å². The quantitative estimate of drug-likeness (QED) is 0.768. The van der Waals surface area contributed by atoms with Crippen LogP contribution in [0.3, 0.4) is 0 Å². The molecule has 0 saturated carbocycles. The topological polar surface area (TPSA) is 75.7 Å². The van der Waals surface area contributed by atoms with Crippen molar-refractivity contribution in [3.05, 3.63) is 0 Å². The maximum absolute atomic E-state index is 12.0. The van der Waals surface area contributed by atoms with E-state index in [0.717, 1.165) is 0 Å². The first kappa shape index (κ1) is 13.6. The summed E-state index contributed by atoms with van der Waals surface area (Å²) in [6.07, 6.45) is -0.430. The fourth-order valence-electron chi connectivity index (χ4n) is 1.89. The Bertz CT molecular complexity index is 430. The second kappa shape index (κ2) is 4.38. The van der Waals surface area contributed by atoms with Crippen LogP contribution in [-0.4, -0.2) is 61.7 Å². The third-order valence-corrected chi connectivity index (χ3v) is 5.66. The standard InChI is InChI=1S/C11H20N2O4S/c1-11(2,3)17-10(14)13-6-9(7-13)18(15,16)8-4-12-5-8/h8-9,12H,4-7H2,1-3H3. The van der Waals surface area contributed by atoms with Crippen molar-refractivity contribution in [2.24, 2.45) is 0 Å². The van der Waals surface area contributed by atoms with Crippen LogP contribution in [0.5, 0.6) is 0 Å². The molecule has 2 aliphatic rings. The van der Waals surface area contributed by atoms with Crippen molar-refractivity contribution in [1.82, 2.24) is 10.2 Å². The summed E-state index contributed by atoms with van der Waals surface area (Å²) in [6.45, 7) is 6.95. The zero-order valence-electron chi connectivity index (χ0n) is 11.0. The Morgan fingerprint density at radius 1 is 1.22 bits per heavy atom. The summed E-state index contributed by atoms with van der Waals surface area (Å²) in [5.74, 6) is 0. The molecular formula is C11H20N2O4S. The number of carbonyl (C=O) groups is 1. The van der Waals surface area contributed by atoms with Gasteiger partial charge in [-0.25, -0.2) is 13.2 Å². The molecule has 0 aromatic heterocycles. The molecular weight excluding hydrogens is 256 g/mol. The van der Waals surface area contributed by atoms with Crippen LogP contribution in [0.2, 0.25) is 0 Å². The molecule has 0 atom stereocenters. The van der Waals surface area contributed by atoms with Crippen molar-refractivity contribution in [3.8, 4) is 0 Å². The van der Waals surface area contributed by atoms with Crippen molar-refractivity contribution >= 4 is 15.9 Å². The lowest BCUT2D eigenvalue weighted by Gasteiger charge is -2.42. The van der Waals surface area contributed by atoms with Gasteiger partial charge in [-0.15, -0.1) is 0 Å². The molecule has 1 amide bonds. The van der Waals surface area contributed by atoms with Gasteiger partial charge in [-0.2, -0.15) is 0 Å². The van der Waals surface area contributed by atoms with Crippen LogP contribution in [0.15, 0.2) is 0 Å². The predicted molar refractivity (Wildman–Crippen MR) is 67.2 cm³/mol. The van der Waals surface area contributed by atoms with Crippen LogP contribution in [-0.2, 0) is 14.6 Å². The minimum atomic E-state index is -3.09. The highest BCUT2D eigenvalue weighted by atomic mass is 32.2. The molecule has 2 heterocycles. The number of sulfone groups is 1. The molecule has 0 aromatic carbocycles. The maximum Gasteiger partial charge on any atom is 0.410 e. The van der Waals surface area contributed by atoms with E-state index >= 15 is 0 Å². The van der Waals surface area contributed by atoms with E-state index in [-0.39, 0.29) is 18.3 Å².